The number of aliphatic hydroxyl groups is 2. The normalized spacial score (nSPS) is 18.9. The van der Waals surface area contributed by atoms with Gasteiger partial charge in [-0.1, -0.05) is 0 Å². The number of aromatic carboxylic acids is 1. The molecule has 87 heavy (non-hydrogen) atoms. The number of carbonyl (C=O) groups excluding carboxylic acids is 2. The van der Waals surface area contributed by atoms with Crippen LogP contribution >= 0.6 is 34.0 Å². The summed E-state index contributed by atoms with van der Waals surface area (Å²) in [5.41, 5.74) is 1.43. The van der Waals surface area contributed by atoms with Gasteiger partial charge < -0.3 is 44.6 Å². The number of ether oxygens (including phenoxy) is 3. The van der Waals surface area contributed by atoms with Gasteiger partial charge in [0.15, 0.2) is 17.5 Å². The maximum atomic E-state index is 13.4. The van der Waals surface area contributed by atoms with E-state index in [1.54, 1.807) is 82.7 Å². The quantitative estimate of drug-likeness (QED) is 0.0583. The van der Waals surface area contributed by atoms with Gasteiger partial charge in [-0.2, -0.15) is 4.39 Å². The number of nitrogens with one attached hydrogen (secondary N) is 1. The summed E-state index contributed by atoms with van der Waals surface area (Å²) in [7, 11) is 0. The molecule has 6 atom stereocenters. The molecule has 0 aliphatic carbocycles. The number of alkyl halides is 4. The van der Waals surface area contributed by atoms with Crippen LogP contribution in [0.1, 0.15) is 90.4 Å². The molecule has 11 rings (SSSR count). The zero-order valence-corrected chi connectivity index (χ0v) is 49.8. The Hall–Kier alpha value is -8.02. The molecule has 3 saturated heterocycles. The van der Waals surface area contributed by atoms with Crippen molar-refractivity contribution in [2.24, 2.45) is 0 Å². The predicted molar refractivity (Wildman–Crippen MR) is 317 cm³/mol. The number of halogens is 5. The van der Waals surface area contributed by atoms with E-state index >= 15 is 0 Å². The number of carbonyl (C=O) groups is 3. The van der Waals surface area contributed by atoms with E-state index in [-0.39, 0.29) is 59.0 Å². The van der Waals surface area contributed by atoms with Crippen molar-refractivity contribution in [1.82, 2.24) is 55.0 Å². The molecule has 0 unspecified atom stereocenters. The van der Waals surface area contributed by atoms with Gasteiger partial charge in [0, 0.05) is 92.9 Å². The Bertz CT molecular complexity index is 3360. The number of hydrogen-bond donors (Lipinski definition) is 4. The summed E-state index contributed by atoms with van der Waals surface area (Å²) in [5.74, 6) is 0.296. The number of likely N-dealkylation sites (tertiary alicyclic amines) is 2. The van der Waals surface area contributed by atoms with Crippen LogP contribution in [0.4, 0.5) is 22.0 Å². The smallest absolute Gasteiger partial charge is 0.337 e. The highest BCUT2D eigenvalue weighted by atomic mass is 32.1. The molecule has 0 spiro atoms. The lowest BCUT2D eigenvalue weighted by molar-refractivity contribution is 0.0310. The number of carboxylic acid groups (broad SMARTS) is 1. The van der Waals surface area contributed by atoms with Crippen LogP contribution in [-0.2, 0) is 0 Å². The lowest BCUT2D eigenvalue weighted by Crippen LogP contribution is -2.49. The van der Waals surface area contributed by atoms with Crippen LogP contribution in [0.15, 0.2) is 126 Å². The zero-order chi connectivity index (χ0) is 62.2. The third kappa shape index (κ3) is 20.6. The fourth-order valence-electron chi connectivity index (χ4n) is 8.83. The van der Waals surface area contributed by atoms with Gasteiger partial charge in [0.05, 0.1) is 50.1 Å². The minimum Gasteiger partial charge on any atom is -0.487 e. The van der Waals surface area contributed by atoms with E-state index in [1.165, 1.54) is 58.4 Å². The molecular formula is C59H64F5N11O9S3. The zero-order valence-electron chi connectivity index (χ0n) is 47.4. The summed E-state index contributed by atoms with van der Waals surface area (Å²) in [4.78, 5) is 75.0. The Morgan fingerprint density at radius 1 is 0.575 bits per heavy atom. The van der Waals surface area contributed by atoms with Gasteiger partial charge in [-0.25, -0.2) is 62.2 Å². The summed E-state index contributed by atoms with van der Waals surface area (Å²) in [6.07, 6.45) is 11.7. The molecule has 20 nitrogen and oxygen atoms in total. The lowest BCUT2D eigenvalue weighted by atomic mass is 10.00. The Balaban J connectivity index is 0.000000169. The minimum absolute atomic E-state index is 0.0421. The molecule has 2 amide bonds. The van der Waals surface area contributed by atoms with Crippen LogP contribution in [-0.4, -0.2) is 165 Å². The maximum Gasteiger partial charge on any atom is 0.337 e. The lowest BCUT2D eigenvalue weighted by Gasteiger charge is -2.37. The van der Waals surface area contributed by atoms with E-state index in [1.807, 2.05) is 30.7 Å². The molecule has 0 bridgehead atoms. The molecule has 11 heterocycles. The van der Waals surface area contributed by atoms with Gasteiger partial charge in [0.1, 0.15) is 30.8 Å². The summed E-state index contributed by atoms with van der Waals surface area (Å²) < 4.78 is 75.8. The molecule has 0 radical (unpaired) electrons. The highest BCUT2D eigenvalue weighted by Gasteiger charge is 2.34. The van der Waals surface area contributed by atoms with Crippen LogP contribution in [0.2, 0.25) is 0 Å². The number of nitrogens with zero attached hydrogens (tertiary/aromatic N) is 10. The van der Waals surface area contributed by atoms with Crippen molar-refractivity contribution in [1.29, 1.82) is 0 Å². The second-order valence-corrected chi connectivity index (χ2v) is 22.5. The number of amides is 2. The summed E-state index contributed by atoms with van der Waals surface area (Å²) in [6.45, 7) is 6.31. The van der Waals surface area contributed by atoms with Crippen molar-refractivity contribution in [2.75, 3.05) is 32.8 Å². The monoisotopic (exact) mass is 1260 g/mol. The first-order valence-electron chi connectivity index (χ1n) is 27.5. The number of carboxylic acids is 1. The number of β-amino-alcohol motifs (C(OH)–C–C–N with tert-alkyl or cyclic N) is 2. The van der Waals surface area contributed by atoms with E-state index in [0.717, 1.165) is 67.1 Å². The topological polar surface area (TPSA) is 261 Å². The number of piperidine rings is 3. The predicted octanol–water partition coefficient (Wildman–Crippen LogP) is 10.4. The summed E-state index contributed by atoms with van der Waals surface area (Å²) >= 11 is 4.21. The number of rotatable bonds is 14. The Morgan fingerprint density at radius 2 is 1.02 bits per heavy atom. The van der Waals surface area contributed by atoms with Crippen molar-refractivity contribution in [3.05, 3.63) is 149 Å². The first kappa shape index (κ1) is 66.5. The van der Waals surface area contributed by atoms with Crippen LogP contribution in [0, 0.1) is 5.95 Å². The molecule has 0 saturated carbocycles. The molecular weight excluding hydrogens is 1200 g/mol. The molecule has 3 aliphatic rings. The van der Waals surface area contributed by atoms with E-state index < -0.39 is 44.1 Å². The van der Waals surface area contributed by atoms with Gasteiger partial charge in [0.25, 0.3) is 24.7 Å². The first-order chi connectivity index (χ1) is 41.9. The van der Waals surface area contributed by atoms with Crippen LogP contribution in [0.25, 0.3) is 32.1 Å². The summed E-state index contributed by atoms with van der Waals surface area (Å²) in [5, 5.41) is 36.3. The van der Waals surface area contributed by atoms with Gasteiger partial charge in [-0.05, 0) is 124 Å². The molecule has 462 valence electrons. The van der Waals surface area contributed by atoms with Crippen molar-refractivity contribution < 1.29 is 65.9 Å². The van der Waals surface area contributed by atoms with E-state index in [0.29, 0.717) is 52.6 Å². The molecule has 4 N–H and O–H groups in total. The van der Waals surface area contributed by atoms with Crippen LogP contribution in [0.5, 0.6) is 17.4 Å². The third-order valence-electron chi connectivity index (χ3n) is 13.3. The van der Waals surface area contributed by atoms with E-state index in [2.05, 4.69) is 56.8 Å². The number of aliphatic hydroxyl groups excluding tert-OH is 2. The summed E-state index contributed by atoms with van der Waals surface area (Å²) in [6, 6.07) is 16.4. The number of thiophene rings is 3. The molecule has 28 heteroatoms. The largest absolute Gasteiger partial charge is 0.487 e. The van der Waals surface area contributed by atoms with Gasteiger partial charge in [-0.15, -0.1) is 34.0 Å². The molecule has 8 aromatic rings. The average molecular weight is 1260 g/mol. The highest BCUT2D eigenvalue weighted by Crippen LogP contribution is 2.33. The molecule has 0 aromatic carbocycles. The van der Waals surface area contributed by atoms with Crippen molar-refractivity contribution in [2.45, 2.75) is 109 Å². The first-order valence-corrected chi connectivity index (χ1v) is 30.1. The van der Waals surface area contributed by atoms with Crippen molar-refractivity contribution >= 4 is 51.8 Å². The van der Waals surface area contributed by atoms with Gasteiger partial charge in [0.2, 0.25) is 11.8 Å². The van der Waals surface area contributed by atoms with E-state index in [9.17, 15) is 41.4 Å². The van der Waals surface area contributed by atoms with Crippen molar-refractivity contribution in [3.8, 4) is 49.5 Å². The SMILES string of the molecule is C[C@@H]1CC[C@@H](O)CN1.C[C@@H]1CC[C@@H](O)CN1C(=O)c1ccsc1-c1ncccn1.C[C@@H]1CC[C@@H](Oc2cc(OCC(F)F)ccn2)CN1C(=O)c1ccsc1-c1ncccn1.Fc1cc(OCC(F)F)ccn1.O=C(O)c1ccsc1-c1ncccn1. The van der Waals surface area contributed by atoms with Crippen LogP contribution < -0.4 is 19.5 Å². The number of hydrogen-bond acceptors (Lipinski definition) is 20. The fraction of sp³-hybridized carbons (Fsp3) is 0.373. The number of pyridine rings is 2. The Morgan fingerprint density at radius 3 is 1.48 bits per heavy atom. The maximum absolute atomic E-state index is 13.4. The molecule has 3 fully saturated rings. The Kier molecular flexibility index (Phi) is 25.8. The minimum atomic E-state index is -2.56. The second kappa shape index (κ2) is 33.8. The molecule has 8 aromatic heterocycles. The van der Waals surface area contributed by atoms with Crippen LogP contribution in [0.3, 0.4) is 0 Å². The number of aromatic nitrogens is 8. The van der Waals surface area contributed by atoms with Gasteiger partial charge in [-0.3, -0.25) is 9.59 Å². The standard InChI is InChI=1S/C22H22F2N4O3S.C15H17N3O2S.C9H6N2O2S.C7H6F3NO.C6H13NO/c1-14-3-4-16(31-19-11-15(5-9-25-19)30-13-18(23)24)12-28(14)22(29)17-6-10-32-20(17)21-26-7-2-8-27-21;1-10-3-4-11(19)9-18(10)15(20)12-5-8-21-13(12)14-16-6-2-7-17-14;12-9(13)6-2-5-14-7(6)8-10-3-1-4-11-8;8-6(9)4-12-5-1-2-11-7(10)3-5;1-5-2-3-6(8)4-7-5/h2,5-11,14,16,18H,3-4,12-13H2,1H3;2,5-8,10-11,19H,3-4,9H2,1H3;1-5H,(H,12,13);1-3,6H,4H2;5-8H,2-4H2,1H3/t14-,16-;10-,11-;;;5-,6-/m11..1/s1. The third-order valence-corrected chi connectivity index (χ3v) is 16.0. The average Bonchev–Trinajstić information content (AvgIpc) is 4.38. The Labute approximate surface area is 510 Å². The fourth-order valence-corrected chi connectivity index (χ4v) is 11.3. The second-order valence-electron chi connectivity index (χ2n) is 19.8. The highest BCUT2D eigenvalue weighted by molar-refractivity contribution is 7.14. The molecule has 3 aliphatic heterocycles. The van der Waals surface area contributed by atoms with Crippen molar-refractivity contribution in [3.63, 3.8) is 0 Å². The van der Waals surface area contributed by atoms with E-state index in [4.69, 9.17) is 19.7 Å². The van der Waals surface area contributed by atoms with Gasteiger partial charge >= 0.3 is 5.97 Å².